The van der Waals surface area contributed by atoms with Crippen LogP contribution in [-0.4, -0.2) is 29.3 Å². The Balaban J connectivity index is 2.55. The first kappa shape index (κ1) is 15.8. The maximum Gasteiger partial charge on any atom is 0.222 e. The van der Waals surface area contributed by atoms with Gasteiger partial charge in [0.25, 0.3) is 0 Å². The Morgan fingerprint density at radius 3 is 2.39 bits per heavy atom. The summed E-state index contributed by atoms with van der Waals surface area (Å²) in [7, 11) is 1.92. The first-order valence-corrected chi connectivity index (χ1v) is 7.57. The molecule has 1 aliphatic rings. The van der Waals surface area contributed by atoms with E-state index in [0.717, 1.165) is 12.8 Å². The summed E-state index contributed by atoms with van der Waals surface area (Å²) in [6, 6.07) is 0.236. The molecule has 0 bridgehead atoms. The molecule has 106 valence electrons. The van der Waals surface area contributed by atoms with Gasteiger partial charge in [-0.25, -0.2) is 0 Å². The molecule has 0 saturated heterocycles. The average molecular weight is 274 g/mol. The standard InChI is InChI=1S/C15H28ClNO/c1-11(15(2,3)4)10-14(18)17(5)13-9-7-6-8-12(13)16/h11-13H,6-10H2,1-5H3. The topological polar surface area (TPSA) is 20.3 Å². The number of rotatable bonds is 3. The maximum absolute atomic E-state index is 12.3. The van der Waals surface area contributed by atoms with E-state index in [2.05, 4.69) is 27.7 Å². The monoisotopic (exact) mass is 273 g/mol. The molecule has 1 fully saturated rings. The van der Waals surface area contributed by atoms with Gasteiger partial charge in [-0.2, -0.15) is 0 Å². The molecule has 0 aliphatic heterocycles. The number of carbonyl (C=O) groups excluding carboxylic acids is 1. The highest BCUT2D eigenvalue weighted by Gasteiger charge is 2.31. The van der Waals surface area contributed by atoms with Crippen LogP contribution in [-0.2, 0) is 4.79 Å². The zero-order valence-electron chi connectivity index (χ0n) is 12.5. The van der Waals surface area contributed by atoms with E-state index in [4.69, 9.17) is 11.6 Å². The molecule has 2 nitrogen and oxygen atoms in total. The molecule has 18 heavy (non-hydrogen) atoms. The normalized spacial score (nSPS) is 26.8. The second-order valence-corrected chi connectivity index (χ2v) is 7.40. The van der Waals surface area contributed by atoms with Gasteiger partial charge in [-0.15, -0.1) is 11.6 Å². The summed E-state index contributed by atoms with van der Waals surface area (Å²) < 4.78 is 0. The highest BCUT2D eigenvalue weighted by atomic mass is 35.5. The molecule has 3 heteroatoms. The fraction of sp³-hybridized carbons (Fsp3) is 0.933. The molecule has 0 aromatic rings. The molecule has 0 N–H and O–H groups in total. The Morgan fingerprint density at radius 2 is 1.89 bits per heavy atom. The number of halogens is 1. The smallest absolute Gasteiger partial charge is 0.222 e. The van der Waals surface area contributed by atoms with Crippen LogP contribution in [0, 0.1) is 11.3 Å². The van der Waals surface area contributed by atoms with Crippen molar-refractivity contribution in [1.82, 2.24) is 4.90 Å². The predicted octanol–water partition coefficient (Wildman–Crippen LogP) is 4.07. The molecule has 0 aromatic carbocycles. The molecule has 1 rings (SSSR count). The lowest BCUT2D eigenvalue weighted by Crippen LogP contribution is -2.45. The van der Waals surface area contributed by atoms with Gasteiger partial charge in [0.1, 0.15) is 0 Å². The number of hydrogen-bond acceptors (Lipinski definition) is 1. The van der Waals surface area contributed by atoms with Gasteiger partial charge < -0.3 is 4.90 Å². The molecule has 1 amide bonds. The van der Waals surface area contributed by atoms with Crippen LogP contribution in [0.5, 0.6) is 0 Å². The number of nitrogens with zero attached hydrogens (tertiary/aromatic N) is 1. The highest BCUT2D eigenvalue weighted by molar-refractivity contribution is 6.21. The van der Waals surface area contributed by atoms with Crippen LogP contribution in [0.3, 0.4) is 0 Å². The molecule has 0 heterocycles. The molecule has 3 unspecified atom stereocenters. The Hall–Kier alpha value is -0.240. The summed E-state index contributed by atoms with van der Waals surface area (Å²) >= 11 is 6.35. The zero-order valence-corrected chi connectivity index (χ0v) is 13.3. The number of carbonyl (C=O) groups is 1. The van der Waals surface area contributed by atoms with E-state index < -0.39 is 0 Å². The van der Waals surface area contributed by atoms with E-state index >= 15 is 0 Å². The molecule has 1 aliphatic carbocycles. The number of hydrogen-bond donors (Lipinski definition) is 0. The van der Waals surface area contributed by atoms with Crippen molar-refractivity contribution < 1.29 is 4.79 Å². The van der Waals surface area contributed by atoms with Crippen LogP contribution in [0.4, 0.5) is 0 Å². The molecule has 0 radical (unpaired) electrons. The van der Waals surface area contributed by atoms with Crippen LogP contribution < -0.4 is 0 Å². The third kappa shape index (κ3) is 4.15. The summed E-state index contributed by atoms with van der Waals surface area (Å²) in [6.07, 6.45) is 5.12. The van der Waals surface area contributed by atoms with Gasteiger partial charge in [-0.1, -0.05) is 40.5 Å². The van der Waals surface area contributed by atoms with Crippen molar-refractivity contribution in [2.75, 3.05) is 7.05 Å². The van der Waals surface area contributed by atoms with Crippen LogP contribution in [0.2, 0.25) is 0 Å². The van der Waals surface area contributed by atoms with Gasteiger partial charge in [0, 0.05) is 19.5 Å². The van der Waals surface area contributed by atoms with Gasteiger partial charge in [0.15, 0.2) is 0 Å². The first-order valence-electron chi connectivity index (χ1n) is 7.13. The summed E-state index contributed by atoms with van der Waals surface area (Å²) in [5.41, 5.74) is 0.184. The SMILES string of the molecule is CC(CC(=O)N(C)C1CCCCC1Cl)C(C)(C)C. The molecular weight excluding hydrogens is 246 g/mol. The summed E-state index contributed by atoms with van der Waals surface area (Å²) in [5.74, 6) is 0.639. The van der Waals surface area contributed by atoms with Crippen molar-refractivity contribution in [2.45, 2.75) is 71.2 Å². The summed E-state index contributed by atoms with van der Waals surface area (Å²) in [4.78, 5) is 14.2. The fourth-order valence-electron chi connectivity index (χ4n) is 2.40. The van der Waals surface area contributed by atoms with E-state index in [-0.39, 0.29) is 22.7 Å². The lowest BCUT2D eigenvalue weighted by molar-refractivity contribution is -0.134. The van der Waals surface area contributed by atoms with E-state index in [9.17, 15) is 4.79 Å². The van der Waals surface area contributed by atoms with Crippen LogP contribution in [0.25, 0.3) is 0 Å². The summed E-state index contributed by atoms with van der Waals surface area (Å²) in [6.45, 7) is 8.73. The van der Waals surface area contributed by atoms with Crippen LogP contribution in [0.1, 0.15) is 59.8 Å². The van der Waals surface area contributed by atoms with Crippen molar-refractivity contribution in [3.05, 3.63) is 0 Å². The van der Waals surface area contributed by atoms with E-state index in [1.165, 1.54) is 12.8 Å². The van der Waals surface area contributed by atoms with E-state index in [1.807, 2.05) is 11.9 Å². The van der Waals surface area contributed by atoms with Crippen LogP contribution >= 0.6 is 11.6 Å². The van der Waals surface area contributed by atoms with Crippen molar-refractivity contribution in [1.29, 1.82) is 0 Å². The van der Waals surface area contributed by atoms with Crippen LogP contribution in [0.15, 0.2) is 0 Å². The van der Waals surface area contributed by atoms with Gasteiger partial charge in [0.05, 0.1) is 5.38 Å². The Labute approximate surface area is 117 Å². The largest absolute Gasteiger partial charge is 0.341 e. The fourth-order valence-corrected chi connectivity index (χ4v) is 2.85. The third-order valence-electron chi connectivity index (χ3n) is 4.50. The van der Waals surface area contributed by atoms with Crippen molar-refractivity contribution >= 4 is 17.5 Å². The minimum absolute atomic E-state index is 0.137. The first-order chi connectivity index (χ1) is 8.23. The Kier molecular flexibility index (Phi) is 5.51. The van der Waals surface area contributed by atoms with Gasteiger partial charge in [-0.3, -0.25) is 4.79 Å². The molecular formula is C15H28ClNO. The second-order valence-electron chi connectivity index (χ2n) is 6.84. The van der Waals surface area contributed by atoms with Gasteiger partial charge in [-0.05, 0) is 24.2 Å². The molecule has 3 atom stereocenters. The van der Waals surface area contributed by atoms with Gasteiger partial charge >= 0.3 is 0 Å². The Bertz CT molecular complexity index is 285. The summed E-state index contributed by atoms with van der Waals surface area (Å²) in [5, 5.41) is 0.137. The minimum atomic E-state index is 0.137. The van der Waals surface area contributed by atoms with Crippen molar-refractivity contribution in [3.8, 4) is 0 Å². The number of alkyl halides is 1. The number of amides is 1. The molecule has 1 saturated carbocycles. The predicted molar refractivity (Wildman–Crippen MR) is 77.9 cm³/mol. The molecule has 0 aromatic heterocycles. The Morgan fingerprint density at radius 1 is 1.33 bits per heavy atom. The zero-order chi connectivity index (χ0) is 13.9. The third-order valence-corrected chi connectivity index (χ3v) is 5.01. The average Bonchev–Trinajstić information content (AvgIpc) is 2.27. The molecule has 0 spiro atoms. The van der Waals surface area contributed by atoms with E-state index in [1.54, 1.807) is 0 Å². The van der Waals surface area contributed by atoms with Crippen molar-refractivity contribution in [3.63, 3.8) is 0 Å². The maximum atomic E-state index is 12.3. The van der Waals surface area contributed by atoms with Gasteiger partial charge in [0.2, 0.25) is 5.91 Å². The highest BCUT2D eigenvalue weighted by Crippen LogP contribution is 2.31. The van der Waals surface area contributed by atoms with Crippen molar-refractivity contribution in [2.24, 2.45) is 11.3 Å². The lowest BCUT2D eigenvalue weighted by atomic mass is 9.80. The quantitative estimate of drug-likeness (QED) is 0.710. The van der Waals surface area contributed by atoms with E-state index in [0.29, 0.717) is 12.3 Å². The lowest BCUT2D eigenvalue weighted by Gasteiger charge is -2.36. The second kappa shape index (κ2) is 6.27. The minimum Gasteiger partial charge on any atom is -0.341 e.